The SMILES string of the molecule is Cc1noc(C)c1COc1ccccc1C(=O)N[C@@H]1C=C[C@H](CO)C1. The van der Waals surface area contributed by atoms with Gasteiger partial charge in [0.2, 0.25) is 0 Å². The minimum atomic E-state index is -0.192. The van der Waals surface area contributed by atoms with Crippen LogP contribution in [0.2, 0.25) is 0 Å². The molecule has 1 aliphatic carbocycles. The van der Waals surface area contributed by atoms with Gasteiger partial charge in [0.05, 0.1) is 16.8 Å². The quantitative estimate of drug-likeness (QED) is 0.788. The largest absolute Gasteiger partial charge is 0.488 e. The number of rotatable bonds is 6. The first-order valence-corrected chi connectivity index (χ1v) is 8.32. The van der Waals surface area contributed by atoms with E-state index >= 15 is 0 Å². The van der Waals surface area contributed by atoms with Crippen LogP contribution in [-0.4, -0.2) is 28.8 Å². The van der Waals surface area contributed by atoms with E-state index < -0.39 is 0 Å². The molecule has 1 heterocycles. The Bertz CT molecular complexity index is 762. The van der Waals surface area contributed by atoms with Crippen molar-refractivity contribution in [3.05, 3.63) is 59.0 Å². The molecule has 6 nitrogen and oxygen atoms in total. The van der Waals surface area contributed by atoms with Crippen molar-refractivity contribution >= 4 is 5.91 Å². The Morgan fingerprint density at radius 2 is 2.16 bits per heavy atom. The summed E-state index contributed by atoms with van der Waals surface area (Å²) in [7, 11) is 0. The first-order chi connectivity index (χ1) is 12.1. The number of hydrogen-bond donors (Lipinski definition) is 2. The summed E-state index contributed by atoms with van der Waals surface area (Å²) >= 11 is 0. The van der Waals surface area contributed by atoms with E-state index in [2.05, 4.69) is 10.5 Å². The maximum atomic E-state index is 12.6. The van der Waals surface area contributed by atoms with Gasteiger partial charge in [0.25, 0.3) is 5.91 Å². The van der Waals surface area contributed by atoms with Gasteiger partial charge in [0, 0.05) is 18.6 Å². The predicted octanol–water partition coefficient (Wildman–Crippen LogP) is 2.54. The average molecular weight is 342 g/mol. The van der Waals surface area contributed by atoms with E-state index in [0.717, 1.165) is 11.3 Å². The van der Waals surface area contributed by atoms with Crippen molar-refractivity contribution in [2.75, 3.05) is 6.61 Å². The Hall–Kier alpha value is -2.60. The summed E-state index contributed by atoms with van der Waals surface area (Å²) in [5, 5.41) is 16.1. The van der Waals surface area contributed by atoms with E-state index in [1.807, 2.05) is 32.1 Å². The number of nitrogens with one attached hydrogen (secondary N) is 1. The van der Waals surface area contributed by atoms with Crippen LogP contribution in [0.3, 0.4) is 0 Å². The Morgan fingerprint density at radius 1 is 1.36 bits per heavy atom. The Balaban J connectivity index is 1.68. The Kier molecular flexibility index (Phi) is 5.19. The summed E-state index contributed by atoms with van der Waals surface area (Å²) in [4.78, 5) is 12.6. The van der Waals surface area contributed by atoms with E-state index in [1.54, 1.807) is 18.2 Å². The second-order valence-corrected chi connectivity index (χ2v) is 6.23. The molecule has 0 radical (unpaired) electrons. The lowest BCUT2D eigenvalue weighted by Gasteiger charge is -2.15. The second kappa shape index (κ2) is 7.53. The lowest BCUT2D eigenvalue weighted by Crippen LogP contribution is -2.33. The van der Waals surface area contributed by atoms with Gasteiger partial charge < -0.3 is 19.7 Å². The van der Waals surface area contributed by atoms with Gasteiger partial charge in [-0.1, -0.05) is 29.4 Å². The standard InChI is InChI=1S/C19H22N2O4/c1-12-17(13(2)25-21-12)11-24-18-6-4-3-5-16(18)19(23)20-15-8-7-14(9-15)10-22/h3-8,14-15,22H,9-11H2,1-2H3,(H,20,23)/t14-,15+/m0/s1. The minimum absolute atomic E-state index is 0.0692. The fourth-order valence-corrected chi connectivity index (χ4v) is 2.90. The normalized spacial score (nSPS) is 19.2. The Morgan fingerprint density at radius 3 is 2.84 bits per heavy atom. The molecule has 0 aliphatic heterocycles. The highest BCUT2D eigenvalue weighted by Gasteiger charge is 2.22. The van der Waals surface area contributed by atoms with Crippen LogP contribution in [0.15, 0.2) is 40.9 Å². The first kappa shape index (κ1) is 17.2. The molecule has 0 bridgehead atoms. The van der Waals surface area contributed by atoms with E-state index in [9.17, 15) is 9.90 Å². The van der Waals surface area contributed by atoms with Gasteiger partial charge in [0.15, 0.2) is 0 Å². The molecule has 1 aliphatic rings. The maximum Gasteiger partial charge on any atom is 0.255 e. The number of carbonyl (C=O) groups is 1. The van der Waals surface area contributed by atoms with Crippen molar-refractivity contribution in [2.45, 2.75) is 32.9 Å². The van der Waals surface area contributed by atoms with Crippen LogP contribution in [0.4, 0.5) is 0 Å². The summed E-state index contributed by atoms with van der Waals surface area (Å²) in [5.74, 6) is 1.14. The van der Waals surface area contributed by atoms with Crippen molar-refractivity contribution < 1.29 is 19.2 Å². The van der Waals surface area contributed by atoms with E-state index in [0.29, 0.717) is 30.1 Å². The highest BCUT2D eigenvalue weighted by Crippen LogP contribution is 2.23. The van der Waals surface area contributed by atoms with Crippen molar-refractivity contribution in [1.82, 2.24) is 10.5 Å². The number of hydrogen-bond acceptors (Lipinski definition) is 5. The zero-order chi connectivity index (χ0) is 17.8. The predicted molar refractivity (Wildman–Crippen MR) is 92.3 cm³/mol. The summed E-state index contributed by atoms with van der Waals surface area (Å²) in [6, 6.07) is 7.07. The van der Waals surface area contributed by atoms with Crippen LogP contribution in [0.1, 0.15) is 33.8 Å². The third-order valence-corrected chi connectivity index (χ3v) is 4.41. The number of aliphatic hydroxyl groups excluding tert-OH is 1. The van der Waals surface area contributed by atoms with Crippen LogP contribution in [0, 0.1) is 19.8 Å². The number of aryl methyl sites for hydroxylation is 2. The van der Waals surface area contributed by atoms with E-state index in [1.165, 1.54) is 0 Å². The molecule has 2 N–H and O–H groups in total. The highest BCUT2D eigenvalue weighted by molar-refractivity contribution is 5.97. The molecule has 2 atom stereocenters. The molecule has 132 valence electrons. The Labute approximate surface area is 146 Å². The number of amides is 1. The molecule has 1 aromatic heterocycles. The molecule has 25 heavy (non-hydrogen) atoms. The highest BCUT2D eigenvalue weighted by atomic mass is 16.5. The number of aromatic nitrogens is 1. The molecule has 0 saturated heterocycles. The molecular weight excluding hydrogens is 320 g/mol. The zero-order valence-corrected chi connectivity index (χ0v) is 14.4. The molecule has 0 spiro atoms. The van der Waals surface area contributed by atoms with Gasteiger partial charge >= 0.3 is 0 Å². The van der Waals surface area contributed by atoms with E-state index in [4.69, 9.17) is 9.26 Å². The zero-order valence-electron chi connectivity index (χ0n) is 14.4. The van der Waals surface area contributed by atoms with Gasteiger partial charge in [-0.15, -0.1) is 0 Å². The molecule has 0 unspecified atom stereocenters. The summed E-state index contributed by atoms with van der Waals surface area (Å²) in [5.41, 5.74) is 2.15. The van der Waals surface area contributed by atoms with Crippen molar-refractivity contribution in [3.63, 3.8) is 0 Å². The second-order valence-electron chi connectivity index (χ2n) is 6.23. The van der Waals surface area contributed by atoms with E-state index in [-0.39, 0.29) is 24.5 Å². The fourth-order valence-electron chi connectivity index (χ4n) is 2.90. The van der Waals surface area contributed by atoms with Crippen molar-refractivity contribution in [1.29, 1.82) is 0 Å². The molecule has 1 aromatic carbocycles. The van der Waals surface area contributed by atoms with Gasteiger partial charge in [-0.2, -0.15) is 0 Å². The number of aliphatic hydroxyl groups is 1. The topological polar surface area (TPSA) is 84.6 Å². The third-order valence-electron chi connectivity index (χ3n) is 4.41. The maximum absolute atomic E-state index is 12.6. The molecule has 2 aromatic rings. The molecule has 0 saturated carbocycles. The number of carbonyl (C=O) groups excluding carboxylic acids is 1. The van der Waals surface area contributed by atoms with Crippen LogP contribution >= 0.6 is 0 Å². The molecular formula is C19H22N2O4. The molecule has 0 fully saturated rings. The fraction of sp³-hybridized carbons (Fsp3) is 0.368. The van der Waals surface area contributed by atoms with Crippen LogP contribution < -0.4 is 10.1 Å². The van der Waals surface area contributed by atoms with Crippen molar-refractivity contribution in [2.24, 2.45) is 5.92 Å². The molecule has 1 amide bonds. The van der Waals surface area contributed by atoms with Gasteiger partial charge in [-0.05, 0) is 32.4 Å². The van der Waals surface area contributed by atoms with Gasteiger partial charge in [-0.3, -0.25) is 4.79 Å². The summed E-state index contributed by atoms with van der Waals surface area (Å²) < 4.78 is 11.0. The lowest BCUT2D eigenvalue weighted by atomic mass is 10.1. The molecule has 3 rings (SSSR count). The number of nitrogens with zero attached hydrogens (tertiary/aromatic N) is 1. The first-order valence-electron chi connectivity index (χ1n) is 8.32. The molecule has 6 heteroatoms. The number of benzene rings is 1. The van der Waals surface area contributed by atoms with Crippen LogP contribution in [0.5, 0.6) is 5.75 Å². The monoisotopic (exact) mass is 342 g/mol. The summed E-state index contributed by atoms with van der Waals surface area (Å²) in [6.07, 6.45) is 4.57. The van der Waals surface area contributed by atoms with Crippen LogP contribution in [-0.2, 0) is 6.61 Å². The average Bonchev–Trinajstić information content (AvgIpc) is 3.20. The number of para-hydroxylation sites is 1. The smallest absolute Gasteiger partial charge is 0.255 e. The van der Waals surface area contributed by atoms with Gasteiger partial charge in [0.1, 0.15) is 18.1 Å². The van der Waals surface area contributed by atoms with Crippen LogP contribution in [0.25, 0.3) is 0 Å². The number of ether oxygens (including phenoxy) is 1. The minimum Gasteiger partial charge on any atom is -0.488 e. The summed E-state index contributed by atoms with van der Waals surface area (Å²) in [6.45, 7) is 4.08. The lowest BCUT2D eigenvalue weighted by molar-refractivity contribution is 0.0936. The van der Waals surface area contributed by atoms with Crippen molar-refractivity contribution in [3.8, 4) is 5.75 Å². The van der Waals surface area contributed by atoms with Gasteiger partial charge in [-0.25, -0.2) is 0 Å². The third kappa shape index (κ3) is 3.91.